The second-order valence-corrected chi connectivity index (χ2v) is 7.55. The molecule has 1 heterocycles. The summed E-state index contributed by atoms with van der Waals surface area (Å²) >= 11 is 2.95. The highest BCUT2D eigenvalue weighted by Crippen LogP contribution is 2.29. The van der Waals surface area contributed by atoms with Crippen LogP contribution in [0.25, 0.3) is 0 Å². The molecule has 2 atom stereocenters. The highest BCUT2D eigenvalue weighted by atomic mass is 79.9. The molecule has 1 fully saturated rings. The van der Waals surface area contributed by atoms with E-state index in [-0.39, 0.29) is 15.6 Å². The second-order valence-electron chi connectivity index (χ2n) is 5.14. The lowest BCUT2D eigenvalue weighted by Gasteiger charge is -2.27. The van der Waals surface area contributed by atoms with Crippen molar-refractivity contribution in [2.75, 3.05) is 0 Å². The number of furan rings is 1. The molecular weight excluding hydrogens is 350 g/mol. The average Bonchev–Trinajstić information content (AvgIpc) is 2.71. The number of carboxylic acids is 1. The van der Waals surface area contributed by atoms with Crippen LogP contribution in [0.3, 0.4) is 0 Å². The zero-order valence-corrected chi connectivity index (χ0v) is 13.3. The van der Waals surface area contributed by atoms with Gasteiger partial charge in [0.15, 0.2) is 4.67 Å². The van der Waals surface area contributed by atoms with Crippen LogP contribution in [0.4, 0.5) is 0 Å². The van der Waals surface area contributed by atoms with Gasteiger partial charge in [0, 0.05) is 12.1 Å². The van der Waals surface area contributed by atoms with Gasteiger partial charge in [0.2, 0.25) is 15.8 Å². The van der Waals surface area contributed by atoms with E-state index < -0.39 is 21.8 Å². The molecular formula is C12H16BrNO5S. The number of carboxylic acid groups (broad SMARTS) is 1. The Balaban J connectivity index is 2.19. The molecule has 6 nitrogen and oxygen atoms in total. The molecule has 1 aliphatic rings. The zero-order chi connectivity index (χ0) is 14.9. The fourth-order valence-electron chi connectivity index (χ4n) is 2.46. The van der Waals surface area contributed by atoms with Crippen LogP contribution in [0.15, 0.2) is 20.0 Å². The summed E-state index contributed by atoms with van der Waals surface area (Å²) in [6.07, 6.45) is 3.68. The van der Waals surface area contributed by atoms with Crippen molar-refractivity contribution < 1.29 is 22.7 Å². The normalized spacial score (nSPS) is 23.7. The predicted molar refractivity (Wildman–Crippen MR) is 75.1 cm³/mol. The van der Waals surface area contributed by atoms with E-state index in [1.54, 1.807) is 0 Å². The van der Waals surface area contributed by atoms with Crippen LogP contribution in [-0.4, -0.2) is 25.5 Å². The monoisotopic (exact) mass is 365 g/mol. The first kappa shape index (κ1) is 15.5. The van der Waals surface area contributed by atoms with Gasteiger partial charge in [0.1, 0.15) is 4.90 Å². The lowest BCUT2D eigenvalue weighted by molar-refractivity contribution is 0.0661. The average molecular weight is 366 g/mol. The van der Waals surface area contributed by atoms with E-state index >= 15 is 0 Å². The predicted octanol–water partition coefficient (Wildman–Crippen LogP) is 2.60. The molecule has 2 N–H and O–H groups in total. The Morgan fingerprint density at radius 1 is 1.50 bits per heavy atom. The van der Waals surface area contributed by atoms with Gasteiger partial charge in [-0.3, -0.25) is 0 Å². The Morgan fingerprint density at radius 3 is 2.75 bits per heavy atom. The van der Waals surface area contributed by atoms with Crippen molar-refractivity contribution in [1.29, 1.82) is 0 Å². The third-order valence-corrected chi connectivity index (χ3v) is 5.79. The third-order valence-electron chi connectivity index (χ3n) is 3.41. The Hall–Kier alpha value is -0.860. The Labute approximate surface area is 125 Å². The van der Waals surface area contributed by atoms with Crippen LogP contribution in [0, 0.1) is 5.92 Å². The van der Waals surface area contributed by atoms with E-state index in [9.17, 15) is 13.2 Å². The minimum absolute atomic E-state index is 0.0914. The molecule has 1 aliphatic carbocycles. The van der Waals surface area contributed by atoms with Gasteiger partial charge in [-0.1, -0.05) is 19.8 Å². The first-order valence-electron chi connectivity index (χ1n) is 6.34. The van der Waals surface area contributed by atoms with Crippen molar-refractivity contribution in [2.45, 2.75) is 43.5 Å². The van der Waals surface area contributed by atoms with Gasteiger partial charge in [-0.2, -0.15) is 0 Å². The number of halogens is 1. The number of aromatic carboxylic acids is 1. The van der Waals surface area contributed by atoms with Crippen molar-refractivity contribution in [3.8, 4) is 0 Å². The maximum Gasteiger partial charge on any atom is 0.371 e. The topological polar surface area (TPSA) is 96.6 Å². The zero-order valence-electron chi connectivity index (χ0n) is 10.9. The van der Waals surface area contributed by atoms with Gasteiger partial charge >= 0.3 is 5.97 Å². The van der Waals surface area contributed by atoms with E-state index in [0.717, 1.165) is 31.7 Å². The first-order valence-corrected chi connectivity index (χ1v) is 8.62. The van der Waals surface area contributed by atoms with Crippen molar-refractivity contribution in [2.24, 2.45) is 5.92 Å². The van der Waals surface area contributed by atoms with Crippen LogP contribution in [0.5, 0.6) is 0 Å². The van der Waals surface area contributed by atoms with Crippen molar-refractivity contribution in [1.82, 2.24) is 4.72 Å². The van der Waals surface area contributed by atoms with E-state index in [1.165, 1.54) is 0 Å². The van der Waals surface area contributed by atoms with Gasteiger partial charge < -0.3 is 9.52 Å². The molecule has 2 rings (SSSR count). The minimum Gasteiger partial charge on any atom is -0.475 e. The molecule has 8 heteroatoms. The van der Waals surface area contributed by atoms with Crippen LogP contribution in [-0.2, 0) is 10.0 Å². The maximum absolute atomic E-state index is 12.3. The molecule has 0 bridgehead atoms. The molecule has 112 valence electrons. The maximum atomic E-state index is 12.3. The number of hydrogen-bond acceptors (Lipinski definition) is 4. The number of nitrogens with one attached hydrogen (secondary N) is 1. The quantitative estimate of drug-likeness (QED) is 0.854. The minimum atomic E-state index is -3.78. The smallest absolute Gasteiger partial charge is 0.371 e. The van der Waals surface area contributed by atoms with Crippen molar-refractivity contribution in [3.05, 3.63) is 16.5 Å². The first-order chi connectivity index (χ1) is 9.29. The van der Waals surface area contributed by atoms with Crippen LogP contribution in [0.1, 0.15) is 43.2 Å². The van der Waals surface area contributed by atoms with Crippen LogP contribution >= 0.6 is 15.9 Å². The molecule has 20 heavy (non-hydrogen) atoms. The fourth-order valence-corrected chi connectivity index (χ4v) is 4.69. The third kappa shape index (κ3) is 3.42. The Morgan fingerprint density at radius 2 is 2.20 bits per heavy atom. The molecule has 0 aromatic carbocycles. The van der Waals surface area contributed by atoms with Gasteiger partial charge in [-0.25, -0.2) is 17.9 Å². The molecule has 0 spiro atoms. The van der Waals surface area contributed by atoms with Gasteiger partial charge in [0.05, 0.1) is 0 Å². The van der Waals surface area contributed by atoms with E-state index in [4.69, 9.17) is 9.52 Å². The SMILES string of the molecule is CC1CCCC(NS(=O)(=O)c2cc(C(=O)O)oc2Br)C1. The van der Waals surface area contributed by atoms with E-state index in [2.05, 4.69) is 27.6 Å². The van der Waals surface area contributed by atoms with E-state index in [1.807, 2.05) is 0 Å². The second kappa shape index (κ2) is 5.87. The number of rotatable bonds is 4. The largest absolute Gasteiger partial charge is 0.475 e. The summed E-state index contributed by atoms with van der Waals surface area (Å²) in [4.78, 5) is 10.6. The number of carbonyl (C=O) groups is 1. The molecule has 2 unspecified atom stereocenters. The highest BCUT2D eigenvalue weighted by molar-refractivity contribution is 9.10. The fraction of sp³-hybridized carbons (Fsp3) is 0.583. The molecule has 1 saturated carbocycles. The Kier molecular flexibility index (Phi) is 4.55. The molecule has 0 radical (unpaired) electrons. The summed E-state index contributed by atoms with van der Waals surface area (Å²) in [7, 11) is -3.78. The molecule has 1 aromatic heterocycles. The van der Waals surface area contributed by atoms with Crippen molar-refractivity contribution >= 4 is 31.9 Å². The number of hydrogen-bond donors (Lipinski definition) is 2. The Bertz CT molecular complexity index is 609. The highest BCUT2D eigenvalue weighted by Gasteiger charge is 2.29. The summed E-state index contributed by atoms with van der Waals surface area (Å²) < 4.78 is 31.9. The van der Waals surface area contributed by atoms with Gasteiger partial charge in [0.25, 0.3) is 0 Å². The molecule has 0 saturated heterocycles. The van der Waals surface area contributed by atoms with Gasteiger partial charge in [-0.05, 0) is 34.7 Å². The molecule has 0 aliphatic heterocycles. The summed E-state index contributed by atoms with van der Waals surface area (Å²) in [5.41, 5.74) is 0. The lowest BCUT2D eigenvalue weighted by Crippen LogP contribution is -2.37. The lowest BCUT2D eigenvalue weighted by atomic mass is 9.88. The summed E-state index contributed by atoms with van der Waals surface area (Å²) in [5, 5.41) is 8.81. The number of sulfonamides is 1. The standard InChI is InChI=1S/C12H16BrNO5S/c1-7-3-2-4-8(5-7)14-20(17,18)10-6-9(12(15)16)19-11(10)13/h6-8,14H,2-5H2,1H3,(H,15,16). The summed E-state index contributed by atoms with van der Waals surface area (Å²) in [5.74, 6) is -1.23. The van der Waals surface area contributed by atoms with Crippen molar-refractivity contribution in [3.63, 3.8) is 0 Å². The van der Waals surface area contributed by atoms with Crippen LogP contribution < -0.4 is 4.72 Å². The summed E-state index contributed by atoms with van der Waals surface area (Å²) in [6, 6.07) is 0.903. The molecule has 0 amide bonds. The van der Waals surface area contributed by atoms with E-state index in [0.29, 0.717) is 5.92 Å². The van der Waals surface area contributed by atoms with Gasteiger partial charge in [-0.15, -0.1) is 0 Å². The molecule has 1 aromatic rings. The summed E-state index contributed by atoms with van der Waals surface area (Å²) in [6.45, 7) is 2.09. The van der Waals surface area contributed by atoms with Crippen LogP contribution in [0.2, 0.25) is 0 Å².